The van der Waals surface area contributed by atoms with E-state index in [-0.39, 0.29) is 5.91 Å². The van der Waals surface area contributed by atoms with Crippen molar-refractivity contribution in [2.75, 3.05) is 11.4 Å². The summed E-state index contributed by atoms with van der Waals surface area (Å²) < 4.78 is 5.82. The first-order valence-electron chi connectivity index (χ1n) is 7.29. The van der Waals surface area contributed by atoms with Gasteiger partial charge in [0.2, 0.25) is 0 Å². The topological polar surface area (TPSA) is 42.4 Å². The number of aryl methyl sites for hydroxylation is 1. The van der Waals surface area contributed by atoms with Crippen molar-refractivity contribution in [1.82, 2.24) is 4.98 Å². The molecule has 0 N–H and O–H groups in total. The second-order valence-electron chi connectivity index (χ2n) is 5.19. The number of rotatable bonds is 4. The predicted octanol–water partition coefficient (Wildman–Crippen LogP) is 3.81. The molecule has 0 saturated heterocycles. The van der Waals surface area contributed by atoms with Gasteiger partial charge >= 0.3 is 0 Å². The highest BCUT2D eigenvalue weighted by atomic mass is 32.1. The molecule has 1 aromatic carbocycles. The SMILES string of the molecule is C=CCN1C(=O)C(CC)Oc2ccc(-c3csc(C)n3)cc21. The average Bonchev–Trinajstić information content (AvgIpc) is 2.96. The number of thiazole rings is 1. The van der Waals surface area contributed by atoms with E-state index >= 15 is 0 Å². The molecule has 4 nitrogen and oxygen atoms in total. The van der Waals surface area contributed by atoms with Gasteiger partial charge in [-0.25, -0.2) is 4.98 Å². The van der Waals surface area contributed by atoms with E-state index in [2.05, 4.69) is 11.6 Å². The van der Waals surface area contributed by atoms with E-state index in [9.17, 15) is 4.79 Å². The molecule has 0 fully saturated rings. The van der Waals surface area contributed by atoms with Gasteiger partial charge in [0.05, 0.1) is 16.4 Å². The van der Waals surface area contributed by atoms with Gasteiger partial charge in [-0.2, -0.15) is 0 Å². The summed E-state index contributed by atoms with van der Waals surface area (Å²) >= 11 is 1.61. The number of anilines is 1. The van der Waals surface area contributed by atoms with Crippen LogP contribution in [0.25, 0.3) is 11.3 Å². The molecule has 22 heavy (non-hydrogen) atoms. The summed E-state index contributed by atoms with van der Waals surface area (Å²) in [6.07, 6.45) is 1.97. The minimum absolute atomic E-state index is 0.0125. The molecule has 0 aliphatic carbocycles. The van der Waals surface area contributed by atoms with Gasteiger partial charge in [0.25, 0.3) is 5.91 Å². The molecule has 0 bridgehead atoms. The number of ether oxygens (including phenoxy) is 1. The third-order valence-electron chi connectivity index (χ3n) is 3.66. The average molecular weight is 314 g/mol. The zero-order valence-electron chi connectivity index (χ0n) is 12.7. The molecule has 1 unspecified atom stereocenters. The standard InChI is InChI=1S/C17H18N2O2S/c1-4-8-19-14-9-12(13-10-22-11(3)18-13)6-7-16(14)21-15(5-2)17(19)20/h4,6-7,9-10,15H,1,5,8H2,2-3H3. The quantitative estimate of drug-likeness (QED) is 0.806. The van der Waals surface area contributed by atoms with Crippen LogP contribution >= 0.6 is 11.3 Å². The third-order valence-corrected chi connectivity index (χ3v) is 4.43. The van der Waals surface area contributed by atoms with Gasteiger partial charge < -0.3 is 9.64 Å². The Labute approximate surface area is 134 Å². The van der Waals surface area contributed by atoms with Crippen molar-refractivity contribution in [3.63, 3.8) is 0 Å². The number of benzene rings is 1. The number of hydrogen-bond acceptors (Lipinski definition) is 4. The van der Waals surface area contributed by atoms with Crippen molar-refractivity contribution in [1.29, 1.82) is 0 Å². The monoisotopic (exact) mass is 314 g/mol. The summed E-state index contributed by atoms with van der Waals surface area (Å²) in [4.78, 5) is 18.7. The summed E-state index contributed by atoms with van der Waals surface area (Å²) in [6, 6.07) is 5.88. The second-order valence-corrected chi connectivity index (χ2v) is 6.25. The van der Waals surface area contributed by atoms with Crippen LogP contribution in [-0.2, 0) is 4.79 Å². The molecule has 1 aromatic heterocycles. The van der Waals surface area contributed by atoms with Gasteiger partial charge in [-0.1, -0.05) is 13.0 Å². The Bertz CT molecular complexity index is 723. The second kappa shape index (κ2) is 5.93. The number of carbonyl (C=O) groups excluding carboxylic acids is 1. The van der Waals surface area contributed by atoms with E-state index in [1.54, 1.807) is 22.3 Å². The first kappa shape index (κ1) is 14.8. The van der Waals surface area contributed by atoms with Crippen LogP contribution in [0.5, 0.6) is 5.75 Å². The minimum atomic E-state index is -0.417. The molecule has 114 valence electrons. The van der Waals surface area contributed by atoms with Gasteiger partial charge in [-0.3, -0.25) is 4.79 Å². The Balaban J connectivity index is 2.06. The van der Waals surface area contributed by atoms with Crippen LogP contribution in [0.2, 0.25) is 0 Å². The molecule has 3 rings (SSSR count). The minimum Gasteiger partial charge on any atom is -0.478 e. The van der Waals surface area contributed by atoms with Crippen molar-refractivity contribution in [2.45, 2.75) is 26.4 Å². The number of hydrogen-bond donors (Lipinski definition) is 0. The Hall–Kier alpha value is -2.14. The van der Waals surface area contributed by atoms with Crippen molar-refractivity contribution in [3.8, 4) is 17.0 Å². The molecule has 2 aromatic rings. The normalized spacial score (nSPS) is 17.1. The van der Waals surface area contributed by atoms with E-state index < -0.39 is 6.10 Å². The number of carbonyl (C=O) groups is 1. The molecule has 1 atom stereocenters. The maximum absolute atomic E-state index is 12.5. The third kappa shape index (κ3) is 2.52. The highest BCUT2D eigenvalue weighted by Crippen LogP contribution is 2.38. The fraction of sp³-hybridized carbons (Fsp3) is 0.294. The summed E-state index contributed by atoms with van der Waals surface area (Å²) in [5.74, 6) is 0.727. The van der Waals surface area contributed by atoms with Crippen molar-refractivity contribution in [2.24, 2.45) is 0 Å². The van der Waals surface area contributed by atoms with E-state index in [0.29, 0.717) is 13.0 Å². The summed E-state index contributed by atoms with van der Waals surface area (Å²) in [6.45, 7) is 8.16. The lowest BCUT2D eigenvalue weighted by Crippen LogP contribution is -2.45. The highest BCUT2D eigenvalue weighted by molar-refractivity contribution is 7.09. The van der Waals surface area contributed by atoms with Gasteiger partial charge in [0.1, 0.15) is 5.75 Å². The lowest BCUT2D eigenvalue weighted by Gasteiger charge is -2.33. The molecule has 1 amide bonds. The van der Waals surface area contributed by atoms with Gasteiger partial charge in [0.15, 0.2) is 6.10 Å². The van der Waals surface area contributed by atoms with Crippen LogP contribution in [-0.4, -0.2) is 23.5 Å². The van der Waals surface area contributed by atoms with Crippen molar-refractivity contribution < 1.29 is 9.53 Å². The number of amides is 1. The number of nitrogens with zero attached hydrogens (tertiary/aromatic N) is 2. The fourth-order valence-corrected chi connectivity index (χ4v) is 3.18. The number of fused-ring (bicyclic) bond motifs is 1. The Kier molecular flexibility index (Phi) is 3.98. The zero-order chi connectivity index (χ0) is 15.7. The molecule has 1 aliphatic heterocycles. The lowest BCUT2D eigenvalue weighted by atomic mass is 10.1. The van der Waals surface area contributed by atoms with E-state index in [0.717, 1.165) is 27.7 Å². The van der Waals surface area contributed by atoms with Crippen LogP contribution in [0.3, 0.4) is 0 Å². The van der Waals surface area contributed by atoms with Crippen LogP contribution in [0.4, 0.5) is 5.69 Å². The van der Waals surface area contributed by atoms with Gasteiger partial charge in [0, 0.05) is 17.5 Å². The predicted molar refractivity (Wildman–Crippen MR) is 89.5 cm³/mol. The first-order chi connectivity index (χ1) is 10.6. The molecule has 0 spiro atoms. The van der Waals surface area contributed by atoms with Gasteiger partial charge in [-0.05, 0) is 31.5 Å². The number of aromatic nitrogens is 1. The molecular formula is C17H18N2O2S. The van der Waals surface area contributed by atoms with Crippen molar-refractivity contribution >= 4 is 22.9 Å². The van der Waals surface area contributed by atoms with E-state index in [1.165, 1.54) is 0 Å². The highest BCUT2D eigenvalue weighted by Gasteiger charge is 2.32. The van der Waals surface area contributed by atoms with Crippen LogP contribution < -0.4 is 9.64 Å². The van der Waals surface area contributed by atoms with Gasteiger partial charge in [-0.15, -0.1) is 17.9 Å². The molecule has 2 heterocycles. The molecular weight excluding hydrogens is 296 g/mol. The fourth-order valence-electron chi connectivity index (χ4n) is 2.55. The Morgan fingerprint density at radius 3 is 2.95 bits per heavy atom. The smallest absolute Gasteiger partial charge is 0.268 e. The van der Waals surface area contributed by atoms with Crippen LogP contribution in [0, 0.1) is 6.92 Å². The molecule has 5 heteroatoms. The van der Waals surface area contributed by atoms with E-state index in [1.807, 2.05) is 37.4 Å². The summed E-state index contributed by atoms with van der Waals surface area (Å²) in [5.41, 5.74) is 2.70. The lowest BCUT2D eigenvalue weighted by molar-refractivity contribution is -0.126. The van der Waals surface area contributed by atoms with Crippen LogP contribution in [0.15, 0.2) is 36.2 Å². The zero-order valence-corrected chi connectivity index (χ0v) is 13.5. The largest absolute Gasteiger partial charge is 0.478 e. The molecule has 1 aliphatic rings. The summed E-state index contributed by atoms with van der Waals surface area (Å²) in [7, 11) is 0. The van der Waals surface area contributed by atoms with Crippen LogP contribution in [0.1, 0.15) is 18.4 Å². The Morgan fingerprint density at radius 1 is 1.50 bits per heavy atom. The maximum atomic E-state index is 12.5. The molecule has 0 radical (unpaired) electrons. The Morgan fingerprint density at radius 2 is 2.32 bits per heavy atom. The van der Waals surface area contributed by atoms with Crippen molar-refractivity contribution in [3.05, 3.63) is 41.2 Å². The van der Waals surface area contributed by atoms with E-state index in [4.69, 9.17) is 4.74 Å². The summed E-state index contributed by atoms with van der Waals surface area (Å²) in [5, 5.41) is 3.05. The first-order valence-corrected chi connectivity index (χ1v) is 8.17. The molecule has 0 saturated carbocycles. The maximum Gasteiger partial charge on any atom is 0.268 e.